The molecule has 0 unspecified atom stereocenters. The molecule has 3 aromatic carbocycles. The first-order valence-corrected chi connectivity index (χ1v) is 24.7. The normalized spacial score (nSPS) is 26.2. The van der Waals surface area contributed by atoms with E-state index < -0.39 is 98.7 Å². The van der Waals surface area contributed by atoms with Crippen LogP contribution in [0.1, 0.15) is 59.9 Å². The number of aliphatic hydroxyl groups is 3. The van der Waals surface area contributed by atoms with Crippen LogP contribution in [-0.4, -0.2) is 127 Å². The van der Waals surface area contributed by atoms with Gasteiger partial charge in [-0.3, -0.25) is 24.1 Å². The number of phenolic OH excluding ortho intramolecular Hbond substituents is 1. The van der Waals surface area contributed by atoms with Gasteiger partial charge in [0.05, 0.1) is 35.2 Å². The number of nitrogens with one attached hydrogen (secondary N) is 1. The third-order valence-corrected chi connectivity index (χ3v) is 15.0. The molecule has 0 aliphatic carbocycles. The lowest BCUT2D eigenvalue weighted by atomic mass is 9.78. The van der Waals surface area contributed by atoms with Crippen molar-refractivity contribution in [3.05, 3.63) is 102 Å². The summed E-state index contributed by atoms with van der Waals surface area (Å²) in [4.78, 5) is 79.9. The average molecular weight is 1040 g/mol. The van der Waals surface area contributed by atoms with E-state index in [-0.39, 0.29) is 60.9 Å². The van der Waals surface area contributed by atoms with Crippen LogP contribution in [-0.2, 0) is 30.3 Å². The predicted octanol–water partition coefficient (Wildman–Crippen LogP) is 4.80. The first-order chi connectivity index (χ1) is 35.5. The number of methoxy groups -OCH3 is 1. The molecule has 75 heavy (non-hydrogen) atoms. The number of carbonyl (C=O) groups is 2. The summed E-state index contributed by atoms with van der Waals surface area (Å²) in [7, 11) is 1.43. The summed E-state index contributed by atoms with van der Waals surface area (Å²) in [6.07, 6.45) is 4.59. The summed E-state index contributed by atoms with van der Waals surface area (Å²) in [6.45, 7) is 17.1. The molecular weight excluding hydrogens is 975 g/mol. The molecule has 5 aromatic rings. The van der Waals surface area contributed by atoms with Crippen LogP contribution >= 0.6 is 0 Å². The fraction of sp³-hybridized carbons (Fsp3) is 0.472. The van der Waals surface area contributed by atoms with Crippen molar-refractivity contribution in [3.63, 3.8) is 0 Å². The van der Waals surface area contributed by atoms with Gasteiger partial charge in [-0.2, -0.15) is 0 Å². The highest BCUT2D eigenvalue weighted by Crippen LogP contribution is 2.42. The second-order valence-electron chi connectivity index (χ2n) is 19.9. The van der Waals surface area contributed by atoms with E-state index in [0.717, 1.165) is 0 Å². The average Bonchev–Trinajstić information content (AvgIpc) is 3.93. The number of benzene rings is 3. The van der Waals surface area contributed by atoms with Crippen molar-refractivity contribution >= 4 is 67.8 Å². The number of anilines is 2. The number of carbonyl (C=O) groups excluding carboxylic acids is 2. The molecule has 8 rings (SSSR count). The number of aromatic hydroxyl groups is 1. The van der Waals surface area contributed by atoms with Crippen molar-refractivity contribution in [1.29, 1.82) is 0 Å². The van der Waals surface area contributed by atoms with E-state index in [0.29, 0.717) is 50.8 Å². The van der Waals surface area contributed by atoms with Crippen LogP contribution in [0.4, 0.5) is 17.2 Å². The summed E-state index contributed by atoms with van der Waals surface area (Å²) in [5.41, 5.74) is -1.96. The van der Waals surface area contributed by atoms with Crippen LogP contribution in [0.25, 0.3) is 38.7 Å². The number of rotatable bonds is 7. The molecule has 400 valence electrons. The number of esters is 1. The number of aryl methyl sites for hydroxylation is 1. The first-order valence-electron chi connectivity index (χ1n) is 24.7. The van der Waals surface area contributed by atoms with Crippen molar-refractivity contribution in [1.82, 2.24) is 19.4 Å². The van der Waals surface area contributed by atoms with Gasteiger partial charge in [0.25, 0.3) is 5.91 Å². The second kappa shape index (κ2) is 21.1. The van der Waals surface area contributed by atoms with E-state index in [1.54, 1.807) is 57.4 Å². The fourth-order valence-electron chi connectivity index (χ4n) is 10.4. The Labute approximate surface area is 430 Å². The minimum atomic E-state index is -2.02. The Morgan fingerprint density at radius 3 is 2.33 bits per heavy atom. The zero-order chi connectivity index (χ0) is 54.5. The molecule has 4 bridgehead atoms. The lowest BCUT2D eigenvalue weighted by Crippen LogP contribution is -2.47. The van der Waals surface area contributed by atoms with E-state index in [1.165, 1.54) is 65.5 Å². The molecule has 0 saturated carbocycles. The van der Waals surface area contributed by atoms with Gasteiger partial charge in [-0.1, -0.05) is 45.9 Å². The Kier molecular flexibility index (Phi) is 15.1. The number of fused-ring (bicyclic) bond motifs is 2. The SMILES string of the molecule is CO[C@H]1C=CO[C@@]2(C)Oc3c(C)c(O)c4c(=O)c(c5oc6cc(N7CCN(CCn8c([N+](=O)[O-])cnc8C)CC7)cc(=O)c6nc5c4c3=C2O)NC(=O)C(C)=CC=C[C@H](C)[C@H](O)[C@@H](C)[C@@H](O)[C@@H](C)[C@H](OC(C)=O)[C@@H]1C. The topological polar surface area (TPSA) is 292 Å². The largest absolute Gasteiger partial charge is 0.507 e. The van der Waals surface area contributed by atoms with E-state index in [9.17, 15) is 49.7 Å². The number of phenols is 1. The molecule has 22 nitrogen and oxygen atoms in total. The molecule has 0 spiro atoms. The zero-order valence-electron chi connectivity index (χ0n) is 43.4. The Bertz CT molecular complexity index is 3380. The molecule has 5 N–H and O–H groups in total. The molecule has 1 saturated heterocycles. The summed E-state index contributed by atoms with van der Waals surface area (Å²) in [6, 6.07) is 3.01. The fourth-order valence-corrected chi connectivity index (χ4v) is 10.4. The number of piperazine rings is 1. The Hall–Kier alpha value is -7.40. The summed E-state index contributed by atoms with van der Waals surface area (Å²) in [5, 5.41) is 60.9. The van der Waals surface area contributed by atoms with Crippen molar-refractivity contribution in [2.24, 2.45) is 23.7 Å². The molecule has 3 aliphatic rings. The summed E-state index contributed by atoms with van der Waals surface area (Å²) < 4.78 is 32.1. The Morgan fingerprint density at radius 1 is 0.960 bits per heavy atom. The highest BCUT2D eigenvalue weighted by molar-refractivity contribution is 6.17. The maximum Gasteiger partial charge on any atom is 0.342 e. The number of nitrogens with zero attached hydrogens (tertiary/aromatic N) is 6. The van der Waals surface area contributed by atoms with Crippen molar-refractivity contribution in [3.8, 4) is 11.5 Å². The molecular formula is C53H63N7O15. The number of amides is 1. The van der Waals surface area contributed by atoms with Crippen LogP contribution in [0.15, 0.2) is 68.5 Å². The number of aromatic nitrogens is 3. The van der Waals surface area contributed by atoms with Gasteiger partial charge in [0.2, 0.25) is 10.9 Å². The van der Waals surface area contributed by atoms with E-state index >= 15 is 0 Å². The minimum Gasteiger partial charge on any atom is -0.507 e. The second-order valence-corrected chi connectivity index (χ2v) is 19.9. The van der Waals surface area contributed by atoms with Gasteiger partial charge >= 0.3 is 17.6 Å². The molecule has 22 heteroatoms. The minimum absolute atomic E-state index is 0.0247. The van der Waals surface area contributed by atoms with Gasteiger partial charge in [0.1, 0.15) is 41.5 Å². The molecule has 1 amide bonds. The maximum absolute atomic E-state index is 15.0. The van der Waals surface area contributed by atoms with E-state index in [4.69, 9.17) is 28.3 Å². The van der Waals surface area contributed by atoms with Gasteiger partial charge in [-0.15, -0.1) is 0 Å². The predicted molar refractivity (Wildman–Crippen MR) is 277 cm³/mol. The highest BCUT2D eigenvalue weighted by atomic mass is 16.7. The first kappa shape index (κ1) is 53.9. The van der Waals surface area contributed by atoms with Gasteiger partial charge in [-0.05, 0) is 24.8 Å². The van der Waals surface area contributed by atoms with Crippen molar-refractivity contribution in [2.45, 2.75) is 99.1 Å². The Balaban J connectivity index is 1.26. The lowest BCUT2D eigenvalue weighted by molar-refractivity contribution is -0.392. The molecule has 9 atom stereocenters. The quantitative estimate of drug-likeness (QED) is 0.0481. The maximum atomic E-state index is 15.0. The van der Waals surface area contributed by atoms with Gasteiger partial charge in [0.15, 0.2) is 28.3 Å². The number of hydrogen-bond donors (Lipinski definition) is 5. The van der Waals surface area contributed by atoms with Gasteiger partial charge < -0.3 is 64.1 Å². The van der Waals surface area contributed by atoms with Gasteiger partial charge in [0, 0.05) is 119 Å². The molecule has 3 aliphatic heterocycles. The number of nitro groups is 1. The zero-order valence-corrected chi connectivity index (χ0v) is 43.4. The third-order valence-electron chi connectivity index (χ3n) is 15.0. The number of allylic oxidation sites excluding steroid dienone is 2. The molecule has 5 heterocycles. The van der Waals surface area contributed by atoms with Crippen LogP contribution in [0.2, 0.25) is 0 Å². The number of hydrogen-bond acceptors (Lipinski definition) is 19. The van der Waals surface area contributed by atoms with Crippen LogP contribution < -0.4 is 31.0 Å². The third kappa shape index (κ3) is 10.0. The van der Waals surface area contributed by atoms with E-state index in [2.05, 4.69) is 15.2 Å². The molecule has 2 aromatic heterocycles. The lowest BCUT2D eigenvalue weighted by Gasteiger charge is -2.38. The smallest absolute Gasteiger partial charge is 0.342 e. The molecule has 0 radical (unpaired) electrons. The monoisotopic (exact) mass is 1040 g/mol. The standard InChI is InChI=1S/C53H63N7O15/c1-25-12-11-13-26(2)52(68)56-43-47(66)39-38(42-50(43)74-36-23-33(22-34(62)41(36)55-42)58-18-15-57(16-19-58)17-20-59-31(7)54-24-37(59)60(69)70)40-49(30(6)46(39)65)75-53(9,51(40)67)72-21-14-35(71-10)27(3)48(73-32(8)61)29(5)45(64)28(4)44(25)63/h11-14,21-25,27-29,35,44-45,48,63-65,67H,15-20H2,1-10H3,(H,56,68)/t25-,27+,28+,29+,35-,44-,45+,48+,53-/m0/s1. The Morgan fingerprint density at radius 2 is 1.67 bits per heavy atom. The number of aliphatic hydroxyl groups excluding tert-OH is 3. The van der Waals surface area contributed by atoms with Crippen LogP contribution in [0, 0.1) is 47.6 Å². The molecule has 1 fully saturated rings. The number of ether oxygens (including phenoxy) is 4. The van der Waals surface area contributed by atoms with Crippen molar-refractivity contribution in [2.75, 3.05) is 50.1 Å². The van der Waals surface area contributed by atoms with Crippen LogP contribution in [0.5, 0.6) is 11.5 Å². The van der Waals surface area contributed by atoms with Crippen LogP contribution in [0.3, 0.4) is 0 Å². The van der Waals surface area contributed by atoms with E-state index in [1.807, 2.05) is 4.90 Å². The van der Waals surface area contributed by atoms with Crippen molar-refractivity contribution < 1.29 is 58.3 Å². The van der Waals surface area contributed by atoms with Gasteiger partial charge in [-0.25, -0.2) is 14.5 Å². The number of imidazole rings is 1. The summed E-state index contributed by atoms with van der Waals surface area (Å²) in [5.74, 6) is -6.79. The highest BCUT2D eigenvalue weighted by Gasteiger charge is 2.44. The summed E-state index contributed by atoms with van der Waals surface area (Å²) >= 11 is 0.